The molecule has 9 heteroatoms. The second kappa shape index (κ2) is 18.5. The maximum Gasteiger partial charge on any atom is 2.00 e. The number of hydrogen-bond acceptors (Lipinski definition) is 2. The van der Waals surface area contributed by atoms with E-state index in [4.69, 9.17) is 15.0 Å². The minimum absolute atomic E-state index is 0. The smallest absolute Gasteiger partial charge is 0.656 e. The minimum Gasteiger partial charge on any atom is -0.656 e. The minimum atomic E-state index is -4.56. The van der Waals surface area contributed by atoms with Crippen molar-refractivity contribution in [2.75, 3.05) is 0 Å². The van der Waals surface area contributed by atoms with Crippen LogP contribution >= 0.6 is 0 Å². The molecule has 0 radical (unpaired) electrons. The Balaban J connectivity index is 0.00000641. The number of halogens is 3. The summed E-state index contributed by atoms with van der Waals surface area (Å²) in [6.45, 7) is 26.9. The quantitative estimate of drug-likeness (QED) is 0.142. The van der Waals surface area contributed by atoms with Crippen LogP contribution in [0.5, 0.6) is 0 Å². The molecule has 7 aromatic carbocycles. The summed E-state index contributed by atoms with van der Waals surface area (Å²) >= 11 is 0. The molecule has 0 fully saturated rings. The number of benzene rings is 7. The van der Waals surface area contributed by atoms with Crippen LogP contribution in [-0.2, 0) is 43.5 Å². The first-order valence-electron chi connectivity index (χ1n) is 25.8. The number of fused-ring (bicyclic) bond motifs is 7. The third kappa shape index (κ3) is 8.81. The Kier molecular flexibility index (Phi) is 12.8. The van der Waals surface area contributed by atoms with Crippen LogP contribution in [0.3, 0.4) is 0 Å². The third-order valence-corrected chi connectivity index (χ3v) is 15.3. The molecule has 0 bridgehead atoms. The van der Waals surface area contributed by atoms with Gasteiger partial charge >= 0.3 is 27.2 Å². The average Bonchev–Trinajstić information content (AvgIpc) is 4.05. The van der Waals surface area contributed by atoms with Crippen molar-refractivity contribution in [3.63, 3.8) is 0 Å². The van der Waals surface area contributed by atoms with Crippen LogP contribution in [0.2, 0.25) is 0 Å². The Morgan fingerprint density at radius 1 is 0.560 bits per heavy atom. The van der Waals surface area contributed by atoms with Crippen LogP contribution in [-0.4, -0.2) is 19.1 Å². The standard InChI is InChI=1S/C66H62F3N5.Pt/c1-38(2)50-36-52-47-28-27-40(31-56(47)74(57(52)37-51(50)39(3)4)58-35-42(29-30-70-58)65(11,12)41-19-14-13-15-20-41)46-21-17-26-55-61(46)72-62(73(55)45-33-43(63(5,6)7)32-44(34-45)64(8,9)10)49-23-16-22-48-59-53(66(67,68)69)24-18-25-54(59)71-60(48)49;/h13-30,32-39H,1-12H3;/q-2;+2. The molecule has 0 atom stereocenters. The number of hydrogen-bond donors (Lipinski definition) is 0. The molecular weight excluding hydrogens is 1110 g/mol. The summed E-state index contributed by atoms with van der Waals surface area (Å²) in [5, 5.41) is 2.73. The molecule has 4 aromatic heterocycles. The van der Waals surface area contributed by atoms with Gasteiger partial charge in [-0.25, -0.2) is 9.97 Å². The van der Waals surface area contributed by atoms with Crippen molar-refractivity contribution in [2.24, 2.45) is 0 Å². The van der Waals surface area contributed by atoms with E-state index in [1.165, 1.54) is 22.8 Å². The zero-order valence-corrected chi connectivity index (χ0v) is 47.0. The molecule has 0 spiro atoms. The van der Waals surface area contributed by atoms with E-state index in [1.54, 1.807) is 12.1 Å². The summed E-state index contributed by atoms with van der Waals surface area (Å²) in [5.41, 5.74) is 13.5. The number of nitrogens with zero attached hydrogens (tertiary/aromatic N) is 5. The van der Waals surface area contributed by atoms with Gasteiger partial charge in [-0.2, -0.15) is 13.2 Å². The molecule has 75 heavy (non-hydrogen) atoms. The second-order valence-corrected chi connectivity index (χ2v) is 23.4. The van der Waals surface area contributed by atoms with Gasteiger partial charge in [-0.3, -0.25) is 4.57 Å². The summed E-state index contributed by atoms with van der Waals surface area (Å²) < 4.78 is 48.6. The van der Waals surface area contributed by atoms with E-state index in [0.717, 1.165) is 78.2 Å². The number of alkyl halides is 3. The fourth-order valence-corrected chi connectivity index (χ4v) is 11.0. The van der Waals surface area contributed by atoms with Crippen LogP contribution < -0.4 is 4.98 Å². The van der Waals surface area contributed by atoms with E-state index in [-0.39, 0.29) is 42.7 Å². The largest absolute Gasteiger partial charge is 2.00 e. The molecule has 11 aromatic rings. The van der Waals surface area contributed by atoms with Crippen molar-refractivity contribution in [3.05, 3.63) is 191 Å². The molecule has 11 rings (SSSR count). The van der Waals surface area contributed by atoms with E-state index in [9.17, 15) is 13.2 Å². The van der Waals surface area contributed by atoms with Gasteiger partial charge in [0.05, 0.1) is 16.6 Å². The molecule has 0 aliphatic rings. The molecule has 0 amide bonds. The zero-order valence-electron chi connectivity index (χ0n) is 44.7. The number of imidazole rings is 1. The van der Waals surface area contributed by atoms with Gasteiger partial charge in [0.15, 0.2) is 0 Å². The molecule has 0 N–H and O–H groups in total. The Labute approximate surface area is 452 Å². The fourth-order valence-electron chi connectivity index (χ4n) is 11.0. The van der Waals surface area contributed by atoms with Gasteiger partial charge in [0.2, 0.25) is 0 Å². The molecule has 0 aliphatic carbocycles. The third-order valence-electron chi connectivity index (χ3n) is 15.3. The Hall–Kier alpha value is -6.76. The normalized spacial score (nSPS) is 12.9. The topological polar surface area (TPSA) is 49.7 Å². The zero-order chi connectivity index (χ0) is 52.4. The number of pyridine rings is 1. The van der Waals surface area contributed by atoms with Crippen LogP contribution in [0.25, 0.3) is 88.7 Å². The van der Waals surface area contributed by atoms with Crippen molar-refractivity contribution >= 4 is 54.6 Å². The first-order chi connectivity index (χ1) is 35.0. The van der Waals surface area contributed by atoms with E-state index in [2.05, 4.69) is 201 Å². The number of para-hydroxylation sites is 2. The van der Waals surface area contributed by atoms with E-state index in [0.29, 0.717) is 39.6 Å². The van der Waals surface area contributed by atoms with Crippen LogP contribution in [0.4, 0.5) is 13.2 Å². The summed E-state index contributed by atoms with van der Waals surface area (Å²) in [6.07, 6.45) is -2.64. The molecule has 0 saturated heterocycles. The van der Waals surface area contributed by atoms with Gasteiger partial charge < -0.3 is 9.55 Å². The SMILES string of the molecule is CC(C)c1cc2c3ccc(-c4cccc5c4nc(-c4cccc6c4[n-]c4cccc(C(F)(F)F)c46)n5-c4cc(C(C)(C)C)cc(C(C)(C)C)c4)[c-]c3n(-c3cc(C(C)(C)c4ccccc4)ccn3)c2cc1C(C)C.[Pt+2]. The van der Waals surface area contributed by atoms with Crippen molar-refractivity contribution in [2.45, 2.75) is 117 Å². The summed E-state index contributed by atoms with van der Waals surface area (Å²) in [5.74, 6) is 2.00. The van der Waals surface area contributed by atoms with E-state index >= 15 is 0 Å². The predicted octanol–water partition coefficient (Wildman–Crippen LogP) is 18.1. The molecule has 5 nitrogen and oxygen atoms in total. The Bertz CT molecular complexity index is 3970. The van der Waals surface area contributed by atoms with Gasteiger partial charge in [0, 0.05) is 28.4 Å². The summed E-state index contributed by atoms with van der Waals surface area (Å²) in [7, 11) is 0. The van der Waals surface area contributed by atoms with Crippen LogP contribution in [0.15, 0.2) is 146 Å². The maximum absolute atomic E-state index is 14.7. The van der Waals surface area contributed by atoms with Crippen molar-refractivity contribution < 1.29 is 34.2 Å². The van der Waals surface area contributed by atoms with Crippen molar-refractivity contribution in [1.29, 1.82) is 0 Å². The first kappa shape index (κ1) is 51.7. The van der Waals surface area contributed by atoms with Gasteiger partial charge in [-0.1, -0.05) is 179 Å². The van der Waals surface area contributed by atoms with Gasteiger partial charge in [0.25, 0.3) is 0 Å². The van der Waals surface area contributed by atoms with Crippen molar-refractivity contribution in [1.82, 2.24) is 24.1 Å². The summed E-state index contributed by atoms with van der Waals surface area (Å²) in [4.78, 5) is 15.7. The Morgan fingerprint density at radius 2 is 1.21 bits per heavy atom. The first-order valence-corrected chi connectivity index (χ1v) is 25.8. The Morgan fingerprint density at radius 3 is 1.88 bits per heavy atom. The molecule has 0 saturated carbocycles. The molecule has 0 unspecified atom stereocenters. The number of rotatable bonds is 8. The molecular formula is C66H62F3N5Pt. The molecule has 382 valence electrons. The monoisotopic (exact) mass is 1180 g/mol. The van der Waals surface area contributed by atoms with E-state index < -0.39 is 11.7 Å². The van der Waals surface area contributed by atoms with Gasteiger partial charge in [-0.15, -0.1) is 34.8 Å². The second-order valence-electron chi connectivity index (χ2n) is 23.4. The van der Waals surface area contributed by atoms with Crippen LogP contribution in [0, 0.1) is 6.07 Å². The number of aromatic nitrogens is 5. The molecule has 0 aliphatic heterocycles. The van der Waals surface area contributed by atoms with Gasteiger partial charge in [-0.05, 0) is 120 Å². The van der Waals surface area contributed by atoms with Crippen molar-refractivity contribution in [3.8, 4) is 34.0 Å². The average molecular weight is 1180 g/mol. The predicted molar refractivity (Wildman–Crippen MR) is 300 cm³/mol. The van der Waals surface area contributed by atoms with Crippen LogP contribution in [0.1, 0.15) is 134 Å². The molecule has 4 heterocycles. The maximum atomic E-state index is 14.7. The van der Waals surface area contributed by atoms with E-state index in [1.807, 2.05) is 18.3 Å². The summed E-state index contributed by atoms with van der Waals surface area (Å²) in [6, 6.07) is 50.8. The van der Waals surface area contributed by atoms with Gasteiger partial charge in [0.1, 0.15) is 11.6 Å². The fraction of sp³-hybridized carbons (Fsp3) is 0.273.